The van der Waals surface area contributed by atoms with Crippen molar-refractivity contribution >= 4 is 33.7 Å². The molecule has 112 valence electrons. The molecule has 3 rings (SSSR count). The molecule has 0 amide bonds. The van der Waals surface area contributed by atoms with Crippen molar-refractivity contribution in [2.24, 2.45) is 0 Å². The number of aromatic nitrogens is 1. The Bertz CT molecular complexity index is 919. The van der Waals surface area contributed by atoms with E-state index < -0.39 is 0 Å². The first-order chi connectivity index (χ1) is 10.5. The van der Waals surface area contributed by atoms with E-state index in [9.17, 15) is 9.90 Å². The number of hydrogen-bond donors (Lipinski definition) is 2. The number of hydrogen-bond acceptors (Lipinski definition) is 3. The van der Waals surface area contributed by atoms with Gasteiger partial charge in [0.1, 0.15) is 11.5 Å². The van der Waals surface area contributed by atoms with Gasteiger partial charge in [-0.3, -0.25) is 4.79 Å². The van der Waals surface area contributed by atoms with Gasteiger partial charge < -0.3 is 14.8 Å². The summed E-state index contributed by atoms with van der Waals surface area (Å²) in [6.45, 7) is 3.37. The molecule has 0 saturated heterocycles. The zero-order chi connectivity index (χ0) is 15.9. The summed E-state index contributed by atoms with van der Waals surface area (Å²) >= 11 is 0. The average Bonchev–Trinajstić information content (AvgIpc) is 2.82. The first-order valence-corrected chi connectivity index (χ1v) is 7.02. The molecule has 0 fully saturated rings. The molecule has 4 nitrogen and oxygen atoms in total. The lowest BCUT2D eigenvalue weighted by Crippen LogP contribution is -1.89. The number of aromatic hydroxyl groups is 1. The van der Waals surface area contributed by atoms with Crippen molar-refractivity contribution in [3.8, 4) is 11.5 Å². The van der Waals surface area contributed by atoms with E-state index >= 15 is 0 Å². The number of carbonyl (C=O) groups excluding carboxylic acids is 1. The summed E-state index contributed by atoms with van der Waals surface area (Å²) in [4.78, 5) is 14.6. The lowest BCUT2D eigenvalue weighted by Gasteiger charge is -2.07. The second-order valence-corrected chi connectivity index (χ2v) is 5.36. The van der Waals surface area contributed by atoms with Crippen LogP contribution in [0.25, 0.3) is 27.9 Å². The van der Waals surface area contributed by atoms with E-state index in [2.05, 4.69) is 4.98 Å². The molecular weight excluding hydrogens is 278 g/mol. The quantitative estimate of drug-likeness (QED) is 0.719. The van der Waals surface area contributed by atoms with Gasteiger partial charge in [-0.05, 0) is 49.8 Å². The van der Waals surface area contributed by atoms with Gasteiger partial charge in [0.15, 0.2) is 5.78 Å². The van der Waals surface area contributed by atoms with Crippen LogP contribution >= 0.6 is 0 Å². The van der Waals surface area contributed by atoms with Crippen LogP contribution in [0.3, 0.4) is 0 Å². The Morgan fingerprint density at radius 3 is 2.73 bits per heavy atom. The zero-order valence-corrected chi connectivity index (χ0v) is 12.7. The molecule has 1 aromatic heterocycles. The number of aromatic amines is 1. The van der Waals surface area contributed by atoms with Gasteiger partial charge in [-0.2, -0.15) is 0 Å². The van der Waals surface area contributed by atoms with Crippen LogP contribution in [-0.2, 0) is 4.79 Å². The smallest absolute Gasteiger partial charge is 0.152 e. The van der Waals surface area contributed by atoms with Crippen molar-refractivity contribution in [3.05, 3.63) is 41.5 Å². The maximum absolute atomic E-state index is 11.3. The van der Waals surface area contributed by atoms with Gasteiger partial charge in [-0.1, -0.05) is 0 Å². The molecule has 0 aliphatic carbocycles. The predicted molar refractivity (Wildman–Crippen MR) is 88.5 cm³/mol. The number of benzene rings is 2. The molecule has 22 heavy (non-hydrogen) atoms. The molecule has 2 aromatic carbocycles. The monoisotopic (exact) mass is 295 g/mol. The molecule has 0 aliphatic rings. The summed E-state index contributed by atoms with van der Waals surface area (Å²) in [7, 11) is 1.61. The average molecular weight is 295 g/mol. The van der Waals surface area contributed by atoms with Crippen molar-refractivity contribution < 1.29 is 14.6 Å². The molecule has 1 heterocycles. The van der Waals surface area contributed by atoms with Gasteiger partial charge in [-0.15, -0.1) is 0 Å². The van der Waals surface area contributed by atoms with Gasteiger partial charge in [0, 0.05) is 27.9 Å². The van der Waals surface area contributed by atoms with Gasteiger partial charge in [0.2, 0.25) is 0 Å². The number of phenolic OH excluding ortho intramolecular Hbond substituents is 1. The van der Waals surface area contributed by atoms with Crippen LogP contribution in [0.2, 0.25) is 0 Å². The first-order valence-electron chi connectivity index (χ1n) is 7.02. The van der Waals surface area contributed by atoms with Crippen LogP contribution in [-0.4, -0.2) is 23.0 Å². The Hall–Kier alpha value is -2.75. The third kappa shape index (κ3) is 2.22. The van der Waals surface area contributed by atoms with Crippen molar-refractivity contribution in [2.45, 2.75) is 13.8 Å². The number of ketones is 1. The summed E-state index contributed by atoms with van der Waals surface area (Å²) in [6, 6.07) is 7.46. The molecule has 0 saturated carbocycles. The Labute approximate surface area is 128 Å². The molecule has 0 aliphatic heterocycles. The van der Waals surface area contributed by atoms with Crippen molar-refractivity contribution in [2.75, 3.05) is 7.11 Å². The highest BCUT2D eigenvalue weighted by Gasteiger charge is 2.13. The number of H-pyrrole nitrogens is 1. The number of allylic oxidation sites excluding steroid dienone is 1. The largest absolute Gasteiger partial charge is 0.508 e. The molecule has 2 N–H and O–H groups in total. The van der Waals surface area contributed by atoms with E-state index in [1.807, 2.05) is 25.1 Å². The van der Waals surface area contributed by atoms with Gasteiger partial charge in [0.25, 0.3) is 0 Å². The van der Waals surface area contributed by atoms with Crippen molar-refractivity contribution in [1.82, 2.24) is 4.98 Å². The van der Waals surface area contributed by atoms with E-state index in [0.29, 0.717) is 5.75 Å². The first kappa shape index (κ1) is 14.2. The SMILES string of the molecule is COc1ccc2[nH]c3cc(O)c(C)cc3c2c1/C=C/C(C)=O. The second kappa shape index (κ2) is 5.22. The van der Waals surface area contributed by atoms with Gasteiger partial charge in [-0.25, -0.2) is 0 Å². The maximum atomic E-state index is 11.3. The fourth-order valence-electron chi connectivity index (χ4n) is 2.69. The Balaban J connectivity index is 2.43. The van der Waals surface area contributed by atoms with Crippen LogP contribution in [0.4, 0.5) is 0 Å². The normalized spacial score (nSPS) is 11.6. The number of phenols is 1. The Morgan fingerprint density at radius 1 is 1.27 bits per heavy atom. The van der Waals surface area contributed by atoms with E-state index in [1.165, 1.54) is 13.0 Å². The highest BCUT2D eigenvalue weighted by molar-refractivity contribution is 6.13. The number of methoxy groups -OCH3 is 1. The van der Waals surface area contributed by atoms with Gasteiger partial charge >= 0.3 is 0 Å². The summed E-state index contributed by atoms with van der Waals surface area (Å²) in [5.74, 6) is 0.941. The highest BCUT2D eigenvalue weighted by Crippen LogP contribution is 2.36. The molecule has 0 spiro atoms. The van der Waals surface area contributed by atoms with Crippen molar-refractivity contribution in [1.29, 1.82) is 0 Å². The fourth-order valence-corrected chi connectivity index (χ4v) is 2.69. The Kier molecular flexibility index (Phi) is 3.37. The molecule has 4 heteroatoms. The Morgan fingerprint density at radius 2 is 2.05 bits per heavy atom. The summed E-state index contributed by atoms with van der Waals surface area (Å²) in [5, 5.41) is 11.9. The summed E-state index contributed by atoms with van der Waals surface area (Å²) < 4.78 is 5.43. The minimum Gasteiger partial charge on any atom is -0.508 e. The van der Waals surface area contributed by atoms with Crippen molar-refractivity contribution in [3.63, 3.8) is 0 Å². The molecule has 0 atom stereocenters. The minimum atomic E-state index is -0.0206. The van der Waals surface area contributed by atoms with E-state index in [-0.39, 0.29) is 11.5 Å². The molecular formula is C18H17NO3. The molecule has 3 aromatic rings. The number of carbonyl (C=O) groups is 1. The highest BCUT2D eigenvalue weighted by atomic mass is 16.5. The lowest BCUT2D eigenvalue weighted by atomic mass is 10.0. The van der Waals surface area contributed by atoms with Crippen LogP contribution in [0, 0.1) is 6.92 Å². The number of ether oxygens (including phenoxy) is 1. The maximum Gasteiger partial charge on any atom is 0.152 e. The standard InChI is InChI=1S/C18H17NO3/c1-10-8-13-15(9-16(10)21)19-14-6-7-17(22-3)12(18(13)14)5-4-11(2)20/h4-9,19,21H,1-3H3/b5-4+. The number of rotatable bonds is 3. The van der Waals surface area contributed by atoms with Crippen LogP contribution in [0.1, 0.15) is 18.1 Å². The predicted octanol–water partition coefficient (Wildman–Crippen LogP) is 3.95. The van der Waals surface area contributed by atoms with E-state index in [4.69, 9.17) is 4.74 Å². The van der Waals surface area contributed by atoms with Crippen LogP contribution in [0.15, 0.2) is 30.3 Å². The topological polar surface area (TPSA) is 62.3 Å². The lowest BCUT2D eigenvalue weighted by molar-refractivity contribution is -0.112. The number of fused-ring (bicyclic) bond motifs is 3. The van der Waals surface area contributed by atoms with E-state index in [0.717, 1.165) is 32.9 Å². The molecule has 0 bridgehead atoms. The van der Waals surface area contributed by atoms with Crippen LogP contribution < -0.4 is 4.74 Å². The fraction of sp³-hybridized carbons (Fsp3) is 0.167. The van der Waals surface area contributed by atoms with Crippen LogP contribution in [0.5, 0.6) is 11.5 Å². The summed E-state index contributed by atoms with van der Waals surface area (Å²) in [5.41, 5.74) is 3.44. The minimum absolute atomic E-state index is 0.0206. The zero-order valence-electron chi connectivity index (χ0n) is 12.7. The summed E-state index contributed by atoms with van der Waals surface area (Å²) in [6.07, 6.45) is 3.31. The van der Waals surface area contributed by atoms with Gasteiger partial charge in [0.05, 0.1) is 12.6 Å². The second-order valence-electron chi connectivity index (χ2n) is 5.36. The number of nitrogens with one attached hydrogen (secondary N) is 1. The number of aryl methyl sites for hydroxylation is 1. The van der Waals surface area contributed by atoms with E-state index in [1.54, 1.807) is 19.3 Å². The molecule has 0 radical (unpaired) electrons. The third-order valence-corrected chi connectivity index (χ3v) is 3.78. The third-order valence-electron chi connectivity index (χ3n) is 3.78. The molecule has 0 unspecified atom stereocenters.